The number of hydrazine groups is 1. The molecule has 0 radical (unpaired) electrons. The van der Waals surface area contributed by atoms with Gasteiger partial charge in [0.25, 0.3) is 11.8 Å². The molecule has 5 aromatic rings. The van der Waals surface area contributed by atoms with Gasteiger partial charge in [0, 0.05) is 28.8 Å². The lowest BCUT2D eigenvalue weighted by Gasteiger charge is -2.50. The molecule has 15 heteroatoms. The number of anilines is 2. The molecule has 3 fully saturated rings. The molecular weight excluding hydrogens is 844 g/mol. The number of aromatic nitrogens is 1. The van der Waals surface area contributed by atoms with Gasteiger partial charge in [-0.25, -0.2) is 4.98 Å². The highest BCUT2D eigenvalue weighted by atomic mass is 35.5. The number of fused-ring (bicyclic) bond motifs is 4. The van der Waals surface area contributed by atoms with Gasteiger partial charge in [0.2, 0.25) is 11.8 Å². The van der Waals surface area contributed by atoms with E-state index in [1.54, 1.807) is 48.5 Å². The maximum atomic E-state index is 15.5. The van der Waals surface area contributed by atoms with Gasteiger partial charge in [0.15, 0.2) is 5.82 Å². The van der Waals surface area contributed by atoms with Gasteiger partial charge in [-0.2, -0.15) is 18.2 Å². The summed E-state index contributed by atoms with van der Waals surface area (Å²) < 4.78 is 46.8. The van der Waals surface area contributed by atoms with Crippen LogP contribution in [0.3, 0.4) is 0 Å². The predicted molar refractivity (Wildman–Crippen MR) is 224 cm³/mol. The van der Waals surface area contributed by atoms with Gasteiger partial charge < -0.3 is 9.84 Å². The number of hydrogen-bond donors (Lipinski definition) is 2. The number of carbonyl (C=O) groups is 4. The van der Waals surface area contributed by atoms with Gasteiger partial charge in [-0.15, -0.1) is 0 Å². The van der Waals surface area contributed by atoms with Gasteiger partial charge in [-0.05, 0) is 78.3 Å². The van der Waals surface area contributed by atoms with E-state index in [4.69, 9.17) is 27.9 Å². The minimum atomic E-state index is -4.77. The second-order valence-electron chi connectivity index (χ2n) is 15.9. The zero-order valence-electron chi connectivity index (χ0n) is 32.9. The minimum absolute atomic E-state index is 0.0796. The predicted octanol–water partition coefficient (Wildman–Crippen LogP) is 9.44. The minimum Gasteiger partial charge on any atom is -0.508 e. The van der Waals surface area contributed by atoms with Crippen LogP contribution >= 0.6 is 23.2 Å². The Labute approximate surface area is 363 Å². The quantitative estimate of drug-likeness (QED) is 0.111. The first-order valence-corrected chi connectivity index (χ1v) is 20.8. The summed E-state index contributed by atoms with van der Waals surface area (Å²) in [7, 11) is 0. The number of imide groups is 2. The number of alkyl halides is 3. The van der Waals surface area contributed by atoms with Crippen molar-refractivity contribution in [2.45, 2.75) is 50.3 Å². The summed E-state index contributed by atoms with van der Waals surface area (Å²) in [6.07, 6.45) is -1.57. The second kappa shape index (κ2) is 15.6. The Kier molecular flexibility index (Phi) is 10.4. The summed E-state index contributed by atoms with van der Waals surface area (Å²) in [5.41, 5.74) is 3.14. The van der Waals surface area contributed by atoms with Gasteiger partial charge >= 0.3 is 6.18 Å². The third-order valence-corrected chi connectivity index (χ3v) is 13.3. The lowest BCUT2D eigenvalue weighted by molar-refractivity contribution is -0.139. The van der Waals surface area contributed by atoms with Crippen LogP contribution in [0.2, 0.25) is 10.0 Å². The monoisotopic (exact) mass is 880 g/mol. The summed E-state index contributed by atoms with van der Waals surface area (Å²) in [5.74, 6) is -7.59. The number of ether oxygens (including phenoxy) is 1. The molecule has 2 aliphatic heterocycles. The molecule has 0 bridgehead atoms. The maximum Gasteiger partial charge on any atom is 0.417 e. The van der Waals surface area contributed by atoms with Crippen molar-refractivity contribution in [3.8, 4) is 11.5 Å². The molecule has 3 heterocycles. The van der Waals surface area contributed by atoms with Crippen molar-refractivity contribution in [1.82, 2.24) is 9.99 Å². The molecule has 6 unspecified atom stereocenters. The van der Waals surface area contributed by atoms with Crippen molar-refractivity contribution in [3.05, 3.63) is 159 Å². The van der Waals surface area contributed by atoms with Gasteiger partial charge in [-0.3, -0.25) is 29.5 Å². The molecule has 316 valence electrons. The van der Waals surface area contributed by atoms with E-state index in [0.717, 1.165) is 17.5 Å². The molecule has 10 nitrogen and oxygen atoms in total. The number of rotatable bonds is 9. The van der Waals surface area contributed by atoms with E-state index in [1.165, 1.54) is 11.0 Å². The number of aromatic hydroxyl groups is 1. The maximum absolute atomic E-state index is 15.5. The zero-order chi connectivity index (χ0) is 43.7. The summed E-state index contributed by atoms with van der Waals surface area (Å²) >= 11 is 12.7. The molecule has 0 spiro atoms. The smallest absolute Gasteiger partial charge is 0.417 e. The molecule has 4 amide bonds. The molecule has 1 saturated carbocycles. The van der Waals surface area contributed by atoms with Crippen molar-refractivity contribution in [1.29, 1.82) is 0 Å². The number of phenolic OH excluding ortho intramolecular Hbond substituents is 1. The fraction of sp³-hybridized carbons (Fsp3) is 0.255. The Hall–Kier alpha value is -6.18. The van der Waals surface area contributed by atoms with E-state index < -0.39 is 69.5 Å². The molecule has 1 aromatic heterocycles. The second-order valence-corrected chi connectivity index (χ2v) is 16.8. The highest BCUT2D eigenvalue weighted by Crippen LogP contribution is 2.65. The van der Waals surface area contributed by atoms with E-state index in [2.05, 4.69) is 10.4 Å². The molecule has 2 N–H and O–H groups in total. The highest BCUT2D eigenvalue weighted by molar-refractivity contribution is 6.33. The summed E-state index contributed by atoms with van der Waals surface area (Å²) in [5, 5.41) is 12.6. The van der Waals surface area contributed by atoms with Crippen LogP contribution in [-0.4, -0.2) is 38.7 Å². The van der Waals surface area contributed by atoms with Gasteiger partial charge in [-0.1, -0.05) is 102 Å². The Bertz CT molecular complexity index is 2660. The lowest BCUT2D eigenvalue weighted by atomic mass is 9.49. The largest absolute Gasteiger partial charge is 0.508 e. The first-order chi connectivity index (χ1) is 29.7. The number of phenols is 1. The first-order valence-electron chi connectivity index (χ1n) is 20.0. The molecule has 2 aliphatic carbocycles. The molecule has 4 aromatic carbocycles. The average Bonchev–Trinajstić information content (AvgIpc) is 3.64. The number of halogens is 5. The molecule has 4 aliphatic rings. The van der Waals surface area contributed by atoms with Crippen LogP contribution in [-0.2, 0) is 43.8 Å². The number of hydrogen-bond acceptors (Lipinski definition) is 8. The van der Waals surface area contributed by atoms with E-state index in [-0.39, 0.29) is 42.5 Å². The van der Waals surface area contributed by atoms with Crippen LogP contribution in [0.15, 0.2) is 121 Å². The van der Waals surface area contributed by atoms with Gasteiger partial charge in [0.05, 0.1) is 39.4 Å². The number of aryl methyl sites for hydroxylation is 1. The van der Waals surface area contributed by atoms with Crippen LogP contribution in [0.25, 0.3) is 0 Å². The number of allylic oxidation sites excluding steroid dienone is 2. The number of carbonyl (C=O) groups excluding carboxylic acids is 4. The molecular formula is C47H37Cl2F3N4O6. The Balaban J connectivity index is 1.19. The highest BCUT2D eigenvalue weighted by Gasteiger charge is 2.70. The van der Waals surface area contributed by atoms with Gasteiger partial charge in [0.1, 0.15) is 18.1 Å². The SMILES string of the molecule is CCc1ccc(N2C(=O)C3CC=C4C(CC5C(=O)N(Nc6ncc(C(F)(F)F)cc6Cl)C(=O)C5(c5ccc(Cl)cc5)C4c4ccc(OCc5ccccc5)cc4O)C3C2=O)cc1. The number of pyridine rings is 1. The number of benzene rings is 4. The zero-order valence-corrected chi connectivity index (χ0v) is 34.4. The van der Waals surface area contributed by atoms with E-state index in [0.29, 0.717) is 44.9 Å². The van der Waals surface area contributed by atoms with E-state index in [1.807, 2.05) is 55.5 Å². The van der Waals surface area contributed by atoms with Crippen LogP contribution in [0.1, 0.15) is 53.5 Å². The Morgan fingerprint density at radius 1 is 0.871 bits per heavy atom. The summed E-state index contributed by atoms with van der Waals surface area (Å²) in [4.78, 5) is 64.5. The van der Waals surface area contributed by atoms with Crippen molar-refractivity contribution in [3.63, 3.8) is 0 Å². The lowest BCUT2D eigenvalue weighted by Crippen LogP contribution is -2.53. The van der Waals surface area contributed by atoms with Crippen LogP contribution in [0, 0.1) is 23.7 Å². The van der Waals surface area contributed by atoms with Crippen LogP contribution in [0.4, 0.5) is 24.7 Å². The average molecular weight is 882 g/mol. The number of nitrogens with one attached hydrogen (secondary N) is 1. The van der Waals surface area contributed by atoms with Crippen LogP contribution < -0.4 is 15.1 Å². The molecule has 2 saturated heterocycles. The molecule has 9 rings (SSSR count). The Morgan fingerprint density at radius 3 is 2.26 bits per heavy atom. The first kappa shape index (κ1) is 41.2. The number of nitrogens with zero attached hydrogens (tertiary/aromatic N) is 3. The Morgan fingerprint density at radius 2 is 1.60 bits per heavy atom. The third-order valence-electron chi connectivity index (χ3n) is 12.7. The summed E-state index contributed by atoms with van der Waals surface area (Å²) in [6.45, 7) is 2.19. The molecule has 6 atom stereocenters. The van der Waals surface area contributed by atoms with Crippen LogP contribution in [0.5, 0.6) is 11.5 Å². The van der Waals surface area contributed by atoms with Crippen molar-refractivity contribution in [2.75, 3.05) is 10.3 Å². The standard InChI is InChI=1S/C47H37Cl2F3N4O6/c1-2-25-8-14-30(15-9-25)55-42(58)34-19-18-32-35(39(34)44(55)60)22-36-43(59)56(54-41-37(49)20-28(23-53-41)47(50,51)52)45(61)46(36,27-10-12-29(48)13-11-27)40(32)33-17-16-31(21-38(33)57)62-24-26-6-4-3-5-7-26/h3-18,20-21,23,34-36,39-40,57H,2,19,22,24H2,1H3,(H,53,54). The van der Waals surface area contributed by atoms with E-state index in [9.17, 15) is 27.9 Å². The normalized spacial score (nSPS) is 24.4. The fourth-order valence-electron chi connectivity index (χ4n) is 9.86. The number of amides is 4. The third kappa shape index (κ3) is 6.69. The van der Waals surface area contributed by atoms with Crippen molar-refractivity contribution < 1.29 is 42.2 Å². The van der Waals surface area contributed by atoms with E-state index >= 15 is 9.59 Å². The van der Waals surface area contributed by atoms with Crippen molar-refractivity contribution >= 4 is 58.3 Å². The summed E-state index contributed by atoms with van der Waals surface area (Å²) in [6, 6.07) is 28.3. The molecule has 62 heavy (non-hydrogen) atoms. The topological polar surface area (TPSA) is 129 Å². The fourth-order valence-corrected chi connectivity index (χ4v) is 10.2. The van der Waals surface area contributed by atoms with Crippen molar-refractivity contribution in [2.24, 2.45) is 23.7 Å².